The van der Waals surface area contributed by atoms with Gasteiger partial charge in [0.25, 0.3) is 5.91 Å². The predicted octanol–water partition coefficient (Wildman–Crippen LogP) is 5.85. The molecule has 0 radical (unpaired) electrons. The minimum absolute atomic E-state index is 0.188. The third kappa shape index (κ3) is 4.66. The van der Waals surface area contributed by atoms with Crippen molar-refractivity contribution in [2.24, 2.45) is 5.92 Å². The minimum Gasteiger partial charge on any atom is -0.331 e. The average molecular weight is 416 g/mol. The molecule has 0 fully saturated rings. The number of fused-ring (bicyclic) bond motifs is 1. The Bertz CT molecular complexity index is 1180. The zero-order chi connectivity index (χ0) is 21.8. The van der Waals surface area contributed by atoms with E-state index in [-0.39, 0.29) is 5.91 Å². The Morgan fingerprint density at radius 1 is 1.00 bits per heavy atom. The SMILES string of the molecule is CC(C)CCN(Cc1nc2ccccc2n1-c1ccccc1)C(=O)c1cccc(F)c1. The van der Waals surface area contributed by atoms with Crippen molar-refractivity contribution in [2.75, 3.05) is 6.54 Å². The van der Waals surface area contributed by atoms with Gasteiger partial charge in [-0.15, -0.1) is 0 Å². The number of hydrogen-bond donors (Lipinski definition) is 0. The first-order chi connectivity index (χ1) is 15.0. The molecule has 0 spiro atoms. The number of para-hydroxylation sites is 3. The van der Waals surface area contributed by atoms with Crippen molar-refractivity contribution in [3.63, 3.8) is 0 Å². The summed E-state index contributed by atoms with van der Waals surface area (Å²) < 4.78 is 15.9. The van der Waals surface area contributed by atoms with Crippen LogP contribution in [0.5, 0.6) is 0 Å². The third-order valence-electron chi connectivity index (χ3n) is 5.31. The van der Waals surface area contributed by atoms with E-state index in [0.29, 0.717) is 24.6 Å². The topological polar surface area (TPSA) is 38.1 Å². The Labute approximate surface area is 182 Å². The van der Waals surface area contributed by atoms with Crippen molar-refractivity contribution in [3.05, 3.63) is 96.1 Å². The molecule has 0 aliphatic carbocycles. The van der Waals surface area contributed by atoms with Gasteiger partial charge in [-0.1, -0.05) is 50.2 Å². The van der Waals surface area contributed by atoms with Gasteiger partial charge in [0, 0.05) is 17.8 Å². The highest BCUT2D eigenvalue weighted by Gasteiger charge is 2.21. The molecule has 0 aliphatic rings. The first-order valence-corrected chi connectivity index (χ1v) is 10.6. The third-order valence-corrected chi connectivity index (χ3v) is 5.31. The quantitative estimate of drug-likeness (QED) is 0.380. The van der Waals surface area contributed by atoms with E-state index in [9.17, 15) is 9.18 Å². The first-order valence-electron chi connectivity index (χ1n) is 10.6. The molecule has 4 nitrogen and oxygen atoms in total. The summed E-state index contributed by atoms with van der Waals surface area (Å²) in [5.74, 6) is 0.620. The van der Waals surface area contributed by atoms with E-state index in [0.717, 1.165) is 29.0 Å². The van der Waals surface area contributed by atoms with Crippen molar-refractivity contribution < 1.29 is 9.18 Å². The van der Waals surface area contributed by atoms with Gasteiger partial charge in [0.05, 0.1) is 17.6 Å². The Morgan fingerprint density at radius 2 is 1.74 bits per heavy atom. The number of aromatic nitrogens is 2. The molecule has 0 N–H and O–H groups in total. The Morgan fingerprint density at radius 3 is 2.48 bits per heavy atom. The molecule has 1 heterocycles. The minimum atomic E-state index is -0.411. The number of carbonyl (C=O) groups excluding carboxylic acids is 1. The van der Waals surface area contributed by atoms with Crippen LogP contribution in [-0.2, 0) is 6.54 Å². The van der Waals surface area contributed by atoms with Gasteiger partial charge in [0.1, 0.15) is 11.6 Å². The lowest BCUT2D eigenvalue weighted by atomic mass is 10.1. The Kier molecular flexibility index (Phi) is 6.12. The highest BCUT2D eigenvalue weighted by atomic mass is 19.1. The monoisotopic (exact) mass is 415 g/mol. The molecule has 0 aliphatic heterocycles. The number of carbonyl (C=O) groups is 1. The van der Waals surface area contributed by atoms with Gasteiger partial charge in [-0.3, -0.25) is 9.36 Å². The van der Waals surface area contributed by atoms with Gasteiger partial charge in [-0.25, -0.2) is 9.37 Å². The van der Waals surface area contributed by atoms with Crippen molar-refractivity contribution in [1.82, 2.24) is 14.5 Å². The summed E-state index contributed by atoms with van der Waals surface area (Å²) in [7, 11) is 0. The molecular formula is C26H26FN3O. The summed E-state index contributed by atoms with van der Waals surface area (Å²) in [5, 5.41) is 0. The molecule has 31 heavy (non-hydrogen) atoms. The summed E-state index contributed by atoms with van der Waals surface area (Å²) >= 11 is 0. The van der Waals surface area contributed by atoms with E-state index in [1.54, 1.807) is 17.0 Å². The fraction of sp³-hybridized carbons (Fsp3) is 0.231. The van der Waals surface area contributed by atoms with Gasteiger partial charge < -0.3 is 4.90 Å². The molecule has 0 atom stereocenters. The maximum absolute atomic E-state index is 13.8. The second kappa shape index (κ2) is 9.13. The average Bonchev–Trinajstić information content (AvgIpc) is 3.14. The zero-order valence-electron chi connectivity index (χ0n) is 17.8. The number of hydrogen-bond acceptors (Lipinski definition) is 2. The second-order valence-corrected chi connectivity index (χ2v) is 8.11. The lowest BCUT2D eigenvalue weighted by molar-refractivity contribution is 0.0730. The van der Waals surface area contributed by atoms with Gasteiger partial charge in [-0.2, -0.15) is 0 Å². The van der Waals surface area contributed by atoms with Crippen LogP contribution in [0, 0.1) is 11.7 Å². The molecule has 158 valence electrons. The van der Waals surface area contributed by atoms with Crippen LogP contribution >= 0.6 is 0 Å². The Balaban J connectivity index is 1.75. The van der Waals surface area contributed by atoms with Crippen LogP contribution in [0.25, 0.3) is 16.7 Å². The summed E-state index contributed by atoms with van der Waals surface area (Å²) in [4.78, 5) is 19.9. The maximum atomic E-state index is 13.8. The molecule has 4 aromatic rings. The summed E-state index contributed by atoms with van der Waals surface area (Å²) in [6.45, 7) is 5.17. The number of rotatable bonds is 7. The number of amides is 1. The van der Waals surface area contributed by atoms with Crippen molar-refractivity contribution >= 4 is 16.9 Å². The van der Waals surface area contributed by atoms with Crippen LogP contribution in [0.2, 0.25) is 0 Å². The Hall–Kier alpha value is -3.47. The van der Waals surface area contributed by atoms with Crippen LogP contribution in [0.4, 0.5) is 4.39 Å². The van der Waals surface area contributed by atoms with Crippen LogP contribution in [0.1, 0.15) is 36.5 Å². The zero-order valence-corrected chi connectivity index (χ0v) is 17.8. The fourth-order valence-electron chi connectivity index (χ4n) is 3.69. The number of nitrogens with zero attached hydrogens (tertiary/aromatic N) is 3. The van der Waals surface area contributed by atoms with Crippen molar-refractivity contribution in [3.8, 4) is 5.69 Å². The highest BCUT2D eigenvalue weighted by Crippen LogP contribution is 2.23. The normalized spacial score (nSPS) is 11.2. The molecule has 0 saturated carbocycles. The van der Waals surface area contributed by atoms with E-state index in [4.69, 9.17) is 4.98 Å². The van der Waals surface area contributed by atoms with Gasteiger partial charge in [0.15, 0.2) is 0 Å². The first kappa shape index (κ1) is 20.8. The molecule has 0 unspecified atom stereocenters. The summed E-state index contributed by atoms with van der Waals surface area (Å²) in [5.41, 5.74) is 3.22. The summed E-state index contributed by atoms with van der Waals surface area (Å²) in [6, 6.07) is 23.9. The molecule has 0 saturated heterocycles. The predicted molar refractivity (Wildman–Crippen MR) is 122 cm³/mol. The van der Waals surface area contributed by atoms with E-state index in [1.165, 1.54) is 12.1 Å². The van der Waals surface area contributed by atoms with E-state index in [2.05, 4.69) is 18.4 Å². The standard InChI is InChI=1S/C26H26FN3O/c1-19(2)15-16-29(26(31)20-9-8-10-21(27)17-20)18-25-28-23-13-6-7-14-24(23)30(25)22-11-4-3-5-12-22/h3-14,17,19H,15-16,18H2,1-2H3. The fourth-order valence-corrected chi connectivity index (χ4v) is 3.69. The van der Waals surface area contributed by atoms with Crippen LogP contribution in [0.15, 0.2) is 78.9 Å². The molecule has 1 amide bonds. The van der Waals surface area contributed by atoms with Crippen molar-refractivity contribution in [2.45, 2.75) is 26.8 Å². The number of imidazole rings is 1. The lowest BCUT2D eigenvalue weighted by Gasteiger charge is -2.24. The molecule has 4 rings (SSSR count). The molecule has 5 heteroatoms. The van der Waals surface area contributed by atoms with Crippen LogP contribution in [-0.4, -0.2) is 26.9 Å². The van der Waals surface area contributed by atoms with E-state index >= 15 is 0 Å². The molecule has 0 bridgehead atoms. The molecule has 3 aromatic carbocycles. The van der Waals surface area contributed by atoms with Gasteiger partial charge in [0.2, 0.25) is 0 Å². The molecular weight excluding hydrogens is 389 g/mol. The van der Waals surface area contributed by atoms with Crippen LogP contribution in [0.3, 0.4) is 0 Å². The second-order valence-electron chi connectivity index (χ2n) is 8.11. The molecule has 1 aromatic heterocycles. The summed E-state index contributed by atoms with van der Waals surface area (Å²) in [6.07, 6.45) is 0.854. The number of benzene rings is 3. The van der Waals surface area contributed by atoms with Crippen molar-refractivity contribution in [1.29, 1.82) is 0 Å². The van der Waals surface area contributed by atoms with E-state index < -0.39 is 5.82 Å². The van der Waals surface area contributed by atoms with Gasteiger partial charge in [-0.05, 0) is 54.8 Å². The van der Waals surface area contributed by atoms with E-state index in [1.807, 2.05) is 54.6 Å². The lowest BCUT2D eigenvalue weighted by Crippen LogP contribution is -2.33. The smallest absolute Gasteiger partial charge is 0.254 e. The highest BCUT2D eigenvalue weighted by molar-refractivity contribution is 5.94. The van der Waals surface area contributed by atoms with Crippen LogP contribution < -0.4 is 0 Å². The van der Waals surface area contributed by atoms with Gasteiger partial charge >= 0.3 is 0 Å². The largest absolute Gasteiger partial charge is 0.331 e. The maximum Gasteiger partial charge on any atom is 0.254 e. The number of halogens is 1.